The van der Waals surface area contributed by atoms with Gasteiger partial charge in [0.05, 0.1) is 5.75 Å². The standard InChI is InChI=1S/C4H8N2O2S/c1-2-3-9(7,8)4-6-5/h4H,2-3H2,1H3. The zero-order valence-corrected chi connectivity index (χ0v) is 5.93. The van der Waals surface area contributed by atoms with Gasteiger partial charge in [-0.15, -0.1) is 0 Å². The molecule has 0 saturated carbocycles. The van der Waals surface area contributed by atoms with E-state index in [1.807, 2.05) is 0 Å². The molecule has 0 bridgehead atoms. The summed E-state index contributed by atoms with van der Waals surface area (Å²) >= 11 is 0. The maximum absolute atomic E-state index is 10.5. The first-order valence-corrected chi connectivity index (χ1v) is 4.24. The highest BCUT2D eigenvalue weighted by molar-refractivity contribution is 8.04. The van der Waals surface area contributed by atoms with E-state index in [1.54, 1.807) is 6.92 Å². The molecule has 0 spiro atoms. The van der Waals surface area contributed by atoms with Crippen LogP contribution in [0.3, 0.4) is 0 Å². The van der Waals surface area contributed by atoms with Crippen molar-refractivity contribution in [1.29, 1.82) is 0 Å². The molecule has 0 aliphatic heterocycles. The van der Waals surface area contributed by atoms with Gasteiger partial charge in [0.1, 0.15) is 0 Å². The molecule has 5 heteroatoms. The van der Waals surface area contributed by atoms with Crippen molar-refractivity contribution in [1.82, 2.24) is 0 Å². The molecular weight excluding hydrogens is 140 g/mol. The van der Waals surface area contributed by atoms with E-state index in [4.69, 9.17) is 5.53 Å². The van der Waals surface area contributed by atoms with E-state index in [9.17, 15) is 8.42 Å². The third kappa shape index (κ3) is 3.88. The third-order valence-electron chi connectivity index (χ3n) is 0.696. The Bertz CT molecular complexity index is 213. The molecule has 52 valence electrons. The Balaban J connectivity index is 4.22. The van der Waals surface area contributed by atoms with E-state index < -0.39 is 9.84 Å². The molecule has 0 aliphatic rings. The second-order valence-corrected chi connectivity index (χ2v) is 3.53. The Hall–Kier alpha value is -0.670. The fourth-order valence-electron chi connectivity index (χ4n) is 0.409. The van der Waals surface area contributed by atoms with Crippen molar-refractivity contribution in [3.8, 4) is 0 Å². The molecule has 0 atom stereocenters. The minimum atomic E-state index is -3.22. The van der Waals surface area contributed by atoms with Crippen molar-refractivity contribution in [2.24, 2.45) is 0 Å². The normalized spacial score (nSPS) is 10.3. The van der Waals surface area contributed by atoms with E-state index in [1.165, 1.54) is 0 Å². The van der Waals surface area contributed by atoms with Crippen molar-refractivity contribution in [2.45, 2.75) is 13.3 Å². The molecule has 0 radical (unpaired) electrons. The van der Waals surface area contributed by atoms with Crippen LogP contribution in [0.4, 0.5) is 0 Å². The first-order chi connectivity index (χ1) is 4.12. The van der Waals surface area contributed by atoms with Gasteiger partial charge in [0.15, 0.2) is 0 Å². The molecule has 0 heterocycles. The van der Waals surface area contributed by atoms with Crippen LogP contribution in [0.25, 0.3) is 5.53 Å². The zero-order valence-electron chi connectivity index (χ0n) is 5.11. The van der Waals surface area contributed by atoms with Gasteiger partial charge in [-0.1, -0.05) is 6.92 Å². The van der Waals surface area contributed by atoms with E-state index in [-0.39, 0.29) is 5.75 Å². The molecule has 0 aromatic rings. The highest BCUT2D eigenvalue weighted by Gasteiger charge is 2.08. The highest BCUT2D eigenvalue weighted by atomic mass is 32.2. The van der Waals surface area contributed by atoms with Gasteiger partial charge < -0.3 is 5.53 Å². The lowest BCUT2D eigenvalue weighted by atomic mass is 10.6. The summed E-state index contributed by atoms with van der Waals surface area (Å²) in [4.78, 5) is 2.41. The van der Waals surface area contributed by atoms with Crippen LogP contribution in [-0.4, -0.2) is 24.5 Å². The Morgan fingerprint density at radius 2 is 2.22 bits per heavy atom. The molecule has 0 aromatic heterocycles. The van der Waals surface area contributed by atoms with Crippen LogP contribution in [0, 0.1) is 0 Å². The van der Waals surface area contributed by atoms with Crippen molar-refractivity contribution < 1.29 is 13.2 Å². The van der Waals surface area contributed by atoms with Gasteiger partial charge >= 0.3 is 5.55 Å². The zero-order chi connectivity index (χ0) is 7.33. The van der Waals surface area contributed by atoms with Gasteiger partial charge in [-0.25, -0.2) is 8.42 Å². The molecule has 4 nitrogen and oxygen atoms in total. The van der Waals surface area contributed by atoms with Crippen LogP contribution in [-0.2, 0) is 9.84 Å². The molecule has 0 aliphatic carbocycles. The average molecular weight is 148 g/mol. The van der Waals surface area contributed by atoms with Crippen molar-refractivity contribution in [3.05, 3.63) is 5.53 Å². The van der Waals surface area contributed by atoms with Gasteiger partial charge in [-0.2, -0.15) is 4.79 Å². The van der Waals surface area contributed by atoms with Crippen LogP contribution < -0.4 is 0 Å². The van der Waals surface area contributed by atoms with E-state index in [2.05, 4.69) is 4.79 Å². The van der Waals surface area contributed by atoms with E-state index in [0.29, 0.717) is 12.0 Å². The Kier molecular flexibility index (Phi) is 3.12. The predicted molar refractivity (Wildman–Crippen MR) is 33.8 cm³/mol. The molecule has 0 saturated heterocycles. The molecule has 0 fully saturated rings. The quantitative estimate of drug-likeness (QED) is 0.246. The lowest BCUT2D eigenvalue weighted by Crippen LogP contribution is -2.05. The van der Waals surface area contributed by atoms with Gasteiger partial charge in [-0.3, -0.25) is 0 Å². The van der Waals surface area contributed by atoms with Gasteiger partial charge in [0, 0.05) is 0 Å². The number of hydrogen-bond donors (Lipinski definition) is 0. The topological polar surface area (TPSA) is 70.5 Å². The first-order valence-electron chi connectivity index (χ1n) is 2.52. The Morgan fingerprint density at radius 1 is 1.67 bits per heavy atom. The summed E-state index contributed by atoms with van der Waals surface area (Å²) < 4.78 is 21.0. The van der Waals surface area contributed by atoms with Crippen molar-refractivity contribution in [2.75, 3.05) is 5.75 Å². The first kappa shape index (κ1) is 8.33. The monoisotopic (exact) mass is 148 g/mol. The van der Waals surface area contributed by atoms with Crippen LogP contribution in [0.2, 0.25) is 0 Å². The summed E-state index contributed by atoms with van der Waals surface area (Å²) in [6.45, 7) is 1.74. The van der Waals surface area contributed by atoms with Crippen LogP contribution in [0.1, 0.15) is 13.3 Å². The number of rotatable bonds is 3. The van der Waals surface area contributed by atoms with Gasteiger partial charge in [0.25, 0.3) is 0 Å². The third-order valence-corrected chi connectivity index (χ3v) is 2.09. The molecule has 0 amide bonds. The summed E-state index contributed by atoms with van der Waals surface area (Å²) in [5.41, 5.74) is 8.37. The SMILES string of the molecule is CCCS(=O)(=O)C=[N+]=[N-]. The lowest BCUT2D eigenvalue weighted by molar-refractivity contribution is 0.00754. The lowest BCUT2D eigenvalue weighted by Gasteiger charge is -1.84. The minimum absolute atomic E-state index is 0.0387. The molecule has 0 rings (SSSR count). The fraction of sp³-hybridized carbons (Fsp3) is 0.750. The highest BCUT2D eigenvalue weighted by Crippen LogP contribution is 1.86. The van der Waals surface area contributed by atoms with Crippen molar-refractivity contribution in [3.63, 3.8) is 0 Å². The van der Waals surface area contributed by atoms with Gasteiger partial charge in [0.2, 0.25) is 9.84 Å². The summed E-state index contributed by atoms with van der Waals surface area (Å²) in [5, 5.41) is 0. The summed E-state index contributed by atoms with van der Waals surface area (Å²) in [6, 6.07) is 0. The molecule has 0 aromatic carbocycles. The minimum Gasteiger partial charge on any atom is -0.361 e. The predicted octanol–water partition coefficient (Wildman–Crippen LogP) is 0.0693. The largest absolute Gasteiger partial charge is 0.370 e. The van der Waals surface area contributed by atoms with E-state index in [0.717, 1.165) is 0 Å². The Labute approximate surface area is 54.0 Å². The summed E-state index contributed by atoms with van der Waals surface area (Å²) in [7, 11) is -3.22. The number of sulfone groups is 1. The molecular formula is C4H8N2O2S. The number of nitrogens with zero attached hydrogens (tertiary/aromatic N) is 2. The smallest absolute Gasteiger partial charge is 0.361 e. The second-order valence-electron chi connectivity index (χ2n) is 1.59. The van der Waals surface area contributed by atoms with Gasteiger partial charge in [-0.05, 0) is 6.42 Å². The average Bonchev–Trinajstić information content (AvgIpc) is 1.64. The second kappa shape index (κ2) is 3.37. The van der Waals surface area contributed by atoms with Crippen LogP contribution in [0.5, 0.6) is 0 Å². The molecule has 0 unspecified atom stereocenters. The maximum atomic E-state index is 10.5. The van der Waals surface area contributed by atoms with Crippen LogP contribution >= 0.6 is 0 Å². The van der Waals surface area contributed by atoms with E-state index >= 15 is 0 Å². The van der Waals surface area contributed by atoms with Crippen molar-refractivity contribution >= 4 is 15.4 Å². The summed E-state index contributed by atoms with van der Waals surface area (Å²) in [5.74, 6) is 0.0387. The maximum Gasteiger partial charge on any atom is 0.370 e. The fourth-order valence-corrected chi connectivity index (χ4v) is 1.23. The molecule has 0 N–H and O–H groups in total. The molecule has 9 heavy (non-hydrogen) atoms. The summed E-state index contributed by atoms with van der Waals surface area (Å²) in [6.07, 6.45) is 0.536. The Morgan fingerprint density at radius 3 is 2.56 bits per heavy atom. The number of hydrogen-bond acceptors (Lipinski definition) is 2. The van der Waals surface area contributed by atoms with Crippen LogP contribution in [0.15, 0.2) is 0 Å².